The van der Waals surface area contributed by atoms with Crippen LogP contribution in [-0.2, 0) is 9.53 Å². The summed E-state index contributed by atoms with van der Waals surface area (Å²) in [5.41, 5.74) is -0.983. The van der Waals surface area contributed by atoms with Crippen LogP contribution in [0.2, 0.25) is 0 Å². The maximum absolute atomic E-state index is 11.1. The summed E-state index contributed by atoms with van der Waals surface area (Å²) in [6.07, 6.45) is 0.566. The van der Waals surface area contributed by atoms with Crippen LogP contribution in [0.15, 0.2) is 0 Å². The first kappa shape index (κ1) is 11.5. The molecule has 1 aliphatic rings. The average Bonchev–Trinajstić information content (AvgIpc) is 2.47. The van der Waals surface area contributed by atoms with Crippen molar-refractivity contribution in [3.05, 3.63) is 0 Å². The molecule has 4 heteroatoms. The Morgan fingerprint density at radius 3 is 2.29 bits per heavy atom. The van der Waals surface area contributed by atoms with E-state index in [9.17, 15) is 4.79 Å². The Morgan fingerprint density at radius 1 is 1.50 bits per heavy atom. The highest BCUT2D eigenvalue weighted by atomic mass is 16.5. The van der Waals surface area contributed by atoms with E-state index in [-0.39, 0.29) is 5.54 Å². The highest BCUT2D eigenvalue weighted by Gasteiger charge is 2.47. The van der Waals surface area contributed by atoms with Crippen LogP contribution in [0.3, 0.4) is 0 Å². The molecule has 0 bridgehead atoms. The highest BCUT2D eigenvalue weighted by molar-refractivity contribution is 5.78. The number of carbonyl (C=O) groups is 1. The summed E-state index contributed by atoms with van der Waals surface area (Å²) >= 11 is 0. The van der Waals surface area contributed by atoms with Crippen molar-refractivity contribution in [1.82, 2.24) is 4.90 Å². The molecule has 0 saturated carbocycles. The van der Waals surface area contributed by atoms with Gasteiger partial charge in [-0.25, -0.2) is 4.79 Å². The molecule has 1 N–H and O–H groups in total. The molecule has 1 unspecified atom stereocenters. The normalized spacial score (nSPS) is 29.4. The van der Waals surface area contributed by atoms with E-state index in [0.717, 1.165) is 6.54 Å². The minimum Gasteiger partial charge on any atom is -0.479 e. The first-order valence-electron chi connectivity index (χ1n) is 4.85. The molecular formula is C10H19NO3. The summed E-state index contributed by atoms with van der Waals surface area (Å²) in [5, 5.41) is 9.10. The lowest BCUT2D eigenvalue weighted by atomic mass is 10.0. The molecule has 0 aromatic rings. The lowest BCUT2D eigenvalue weighted by Gasteiger charge is -2.32. The number of hydrogen-bond acceptors (Lipinski definition) is 3. The van der Waals surface area contributed by atoms with E-state index in [1.807, 2.05) is 0 Å². The maximum atomic E-state index is 11.1. The monoisotopic (exact) mass is 201 g/mol. The third-order valence-corrected chi connectivity index (χ3v) is 2.96. The van der Waals surface area contributed by atoms with Gasteiger partial charge in [0, 0.05) is 32.2 Å². The van der Waals surface area contributed by atoms with Gasteiger partial charge >= 0.3 is 5.97 Å². The Balaban J connectivity index is 2.76. The Hall–Kier alpha value is -0.610. The van der Waals surface area contributed by atoms with Gasteiger partial charge in [-0.1, -0.05) is 0 Å². The van der Waals surface area contributed by atoms with Crippen molar-refractivity contribution in [3.8, 4) is 0 Å². The molecule has 0 aromatic heterocycles. The third kappa shape index (κ3) is 1.91. The molecule has 1 aliphatic heterocycles. The molecule has 0 radical (unpaired) electrons. The largest absolute Gasteiger partial charge is 0.479 e. The minimum absolute atomic E-state index is 0.00965. The molecular weight excluding hydrogens is 182 g/mol. The van der Waals surface area contributed by atoms with Gasteiger partial charge in [0.15, 0.2) is 5.60 Å². The standard InChI is InChI=1S/C10H19NO3/c1-9(2,3)11-6-5-10(7-11,14-4)8(12)13/h5-7H2,1-4H3,(H,12,13). The Kier molecular flexibility index (Phi) is 2.88. The van der Waals surface area contributed by atoms with Crippen molar-refractivity contribution in [2.45, 2.75) is 38.3 Å². The average molecular weight is 201 g/mol. The Labute approximate surface area is 84.8 Å². The molecule has 1 rings (SSSR count). The predicted molar refractivity (Wildman–Crippen MR) is 53.3 cm³/mol. The third-order valence-electron chi connectivity index (χ3n) is 2.96. The summed E-state index contributed by atoms with van der Waals surface area (Å²) in [7, 11) is 1.47. The first-order valence-corrected chi connectivity index (χ1v) is 4.85. The quantitative estimate of drug-likeness (QED) is 0.723. The molecule has 1 saturated heterocycles. The maximum Gasteiger partial charge on any atom is 0.337 e. The fourth-order valence-corrected chi connectivity index (χ4v) is 1.78. The summed E-state index contributed by atoms with van der Waals surface area (Å²) in [6.45, 7) is 7.51. The Bertz CT molecular complexity index is 234. The zero-order valence-corrected chi connectivity index (χ0v) is 9.33. The fourth-order valence-electron chi connectivity index (χ4n) is 1.78. The summed E-state index contributed by atoms with van der Waals surface area (Å²) < 4.78 is 5.14. The number of likely N-dealkylation sites (tertiary alicyclic amines) is 1. The topological polar surface area (TPSA) is 49.8 Å². The van der Waals surface area contributed by atoms with Gasteiger partial charge in [0.25, 0.3) is 0 Å². The van der Waals surface area contributed by atoms with Crippen LogP contribution in [0.4, 0.5) is 0 Å². The van der Waals surface area contributed by atoms with E-state index >= 15 is 0 Å². The number of carboxylic acid groups (broad SMARTS) is 1. The lowest BCUT2D eigenvalue weighted by molar-refractivity contribution is -0.161. The number of nitrogens with zero attached hydrogens (tertiary/aromatic N) is 1. The predicted octanol–water partition coefficient (Wildman–Crippen LogP) is 0.960. The van der Waals surface area contributed by atoms with E-state index in [2.05, 4.69) is 25.7 Å². The zero-order chi connectivity index (χ0) is 11.0. The smallest absolute Gasteiger partial charge is 0.337 e. The molecule has 0 amide bonds. The molecule has 1 heterocycles. The zero-order valence-electron chi connectivity index (χ0n) is 9.33. The lowest BCUT2D eigenvalue weighted by Crippen LogP contribution is -2.47. The van der Waals surface area contributed by atoms with Crippen LogP contribution in [0.5, 0.6) is 0 Å². The van der Waals surface area contributed by atoms with Crippen LogP contribution in [0.25, 0.3) is 0 Å². The number of carboxylic acids is 1. The van der Waals surface area contributed by atoms with Gasteiger partial charge in [-0.05, 0) is 20.8 Å². The van der Waals surface area contributed by atoms with Crippen molar-refractivity contribution < 1.29 is 14.6 Å². The van der Waals surface area contributed by atoms with Gasteiger partial charge in [0.1, 0.15) is 0 Å². The number of aliphatic carboxylic acids is 1. The van der Waals surface area contributed by atoms with Gasteiger partial charge in [0.2, 0.25) is 0 Å². The fraction of sp³-hybridized carbons (Fsp3) is 0.900. The second-order valence-electron chi connectivity index (χ2n) is 4.85. The number of ether oxygens (including phenoxy) is 1. The van der Waals surface area contributed by atoms with Crippen LogP contribution < -0.4 is 0 Å². The van der Waals surface area contributed by atoms with Crippen LogP contribution in [0.1, 0.15) is 27.2 Å². The van der Waals surface area contributed by atoms with Crippen LogP contribution >= 0.6 is 0 Å². The molecule has 4 nitrogen and oxygen atoms in total. The van der Waals surface area contributed by atoms with Crippen molar-refractivity contribution in [2.24, 2.45) is 0 Å². The van der Waals surface area contributed by atoms with Crippen molar-refractivity contribution in [1.29, 1.82) is 0 Å². The summed E-state index contributed by atoms with van der Waals surface area (Å²) in [6, 6.07) is 0. The van der Waals surface area contributed by atoms with E-state index in [0.29, 0.717) is 13.0 Å². The van der Waals surface area contributed by atoms with Crippen molar-refractivity contribution in [3.63, 3.8) is 0 Å². The molecule has 1 fully saturated rings. The molecule has 0 aliphatic carbocycles. The van der Waals surface area contributed by atoms with E-state index < -0.39 is 11.6 Å². The number of methoxy groups -OCH3 is 1. The molecule has 82 valence electrons. The highest BCUT2D eigenvalue weighted by Crippen LogP contribution is 2.30. The van der Waals surface area contributed by atoms with Gasteiger partial charge < -0.3 is 9.84 Å². The first-order chi connectivity index (χ1) is 6.32. The van der Waals surface area contributed by atoms with E-state index in [1.54, 1.807) is 0 Å². The van der Waals surface area contributed by atoms with E-state index in [4.69, 9.17) is 9.84 Å². The van der Waals surface area contributed by atoms with Gasteiger partial charge in [-0.2, -0.15) is 0 Å². The van der Waals surface area contributed by atoms with Gasteiger partial charge in [0.05, 0.1) is 0 Å². The molecule has 1 atom stereocenters. The van der Waals surface area contributed by atoms with Crippen molar-refractivity contribution >= 4 is 5.97 Å². The van der Waals surface area contributed by atoms with E-state index in [1.165, 1.54) is 7.11 Å². The SMILES string of the molecule is COC1(C(=O)O)CCN(C(C)(C)C)C1. The second-order valence-corrected chi connectivity index (χ2v) is 4.85. The Morgan fingerprint density at radius 2 is 2.07 bits per heavy atom. The number of hydrogen-bond donors (Lipinski definition) is 1. The van der Waals surface area contributed by atoms with Crippen LogP contribution in [-0.4, -0.2) is 47.3 Å². The van der Waals surface area contributed by atoms with Gasteiger partial charge in [-0.3, -0.25) is 4.90 Å². The molecule has 14 heavy (non-hydrogen) atoms. The van der Waals surface area contributed by atoms with Crippen LogP contribution in [0, 0.1) is 0 Å². The molecule has 0 aromatic carbocycles. The van der Waals surface area contributed by atoms with Crippen molar-refractivity contribution in [2.75, 3.05) is 20.2 Å². The minimum atomic E-state index is -0.993. The number of rotatable bonds is 2. The molecule has 0 spiro atoms. The van der Waals surface area contributed by atoms with Gasteiger partial charge in [-0.15, -0.1) is 0 Å². The summed E-state index contributed by atoms with van der Waals surface area (Å²) in [4.78, 5) is 13.2. The summed E-state index contributed by atoms with van der Waals surface area (Å²) in [5.74, 6) is -0.855. The second kappa shape index (κ2) is 3.51.